The molecule has 0 saturated heterocycles. The SMILES string of the molecule is CCn1c2ccccc2c2cc(N3C(=O)c4ccc(-c5ccc6c(c5)C(=O)N(c5nnc(-c7ccccc7)o5)C6=O)cc4C3=O)ccc21. The Kier molecular flexibility index (Phi) is 5.85. The molecule has 0 bridgehead atoms. The van der Waals surface area contributed by atoms with Crippen LogP contribution in [0.15, 0.2) is 114 Å². The first kappa shape index (κ1) is 27.6. The molecule has 2 aromatic heterocycles. The smallest absolute Gasteiger partial charge is 0.332 e. The molecule has 10 heteroatoms. The highest BCUT2D eigenvalue weighted by Crippen LogP contribution is 2.37. The number of carbonyl (C=O) groups excluding carboxylic acids is 4. The predicted molar refractivity (Wildman–Crippen MR) is 179 cm³/mol. The van der Waals surface area contributed by atoms with Gasteiger partial charge in [-0.05, 0) is 78.7 Å². The van der Waals surface area contributed by atoms with Gasteiger partial charge in [0.15, 0.2) is 0 Å². The first-order valence-electron chi connectivity index (χ1n) is 15.4. The van der Waals surface area contributed by atoms with Crippen LogP contribution >= 0.6 is 0 Å². The molecule has 0 N–H and O–H groups in total. The molecule has 0 unspecified atom stereocenters. The van der Waals surface area contributed by atoms with E-state index in [4.69, 9.17) is 4.42 Å². The lowest BCUT2D eigenvalue weighted by atomic mass is 9.97. The third kappa shape index (κ3) is 3.86. The number of amides is 4. The lowest BCUT2D eigenvalue weighted by Crippen LogP contribution is -2.29. The summed E-state index contributed by atoms with van der Waals surface area (Å²) < 4.78 is 7.91. The van der Waals surface area contributed by atoms with Gasteiger partial charge in [0.05, 0.1) is 27.9 Å². The van der Waals surface area contributed by atoms with E-state index in [-0.39, 0.29) is 28.6 Å². The molecule has 0 aliphatic carbocycles. The fraction of sp³-hybridized carbons (Fsp3) is 0.0526. The number of fused-ring (bicyclic) bond motifs is 5. The Balaban J connectivity index is 1.04. The molecule has 0 atom stereocenters. The molecule has 0 radical (unpaired) electrons. The average Bonchev–Trinajstić information content (AvgIpc) is 3.86. The fourth-order valence-corrected chi connectivity index (χ4v) is 6.77. The van der Waals surface area contributed by atoms with Gasteiger partial charge in [-0.2, -0.15) is 4.90 Å². The highest BCUT2D eigenvalue weighted by atomic mass is 16.4. The van der Waals surface area contributed by atoms with Gasteiger partial charge < -0.3 is 8.98 Å². The number of imide groups is 2. The first-order chi connectivity index (χ1) is 23.4. The van der Waals surface area contributed by atoms with Gasteiger partial charge in [0.25, 0.3) is 23.6 Å². The summed E-state index contributed by atoms with van der Waals surface area (Å²) in [6, 6.07) is 32.4. The Morgan fingerprint density at radius 3 is 1.85 bits per heavy atom. The fourth-order valence-electron chi connectivity index (χ4n) is 6.77. The summed E-state index contributed by atoms with van der Waals surface area (Å²) in [5.41, 5.74) is 5.40. The zero-order valence-corrected chi connectivity index (χ0v) is 25.4. The quantitative estimate of drug-likeness (QED) is 0.186. The van der Waals surface area contributed by atoms with E-state index in [1.54, 1.807) is 54.6 Å². The van der Waals surface area contributed by atoms with Gasteiger partial charge in [-0.1, -0.05) is 53.6 Å². The van der Waals surface area contributed by atoms with E-state index in [0.29, 0.717) is 27.9 Å². The van der Waals surface area contributed by atoms with Crippen molar-refractivity contribution in [2.75, 3.05) is 9.80 Å². The summed E-state index contributed by atoms with van der Waals surface area (Å²) in [6.45, 7) is 2.87. The number of hydrogen-bond acceptors (Lipinski definition) is 7. The van der Waals surface area contributed by atoms with Crippen LogP contribution in [-0.2, 0) is 6.54 Å². The summed E-state index contributed by atoms with van der Waals surface area (Å²) in [4.78, 5) is 56.2. The van der Waals surface area contributed by atoms with E-state index in [9.17, 15) is 19.2 Å². The summed E-state index contributed by atoms with van der Waals surface area (Å²) in [5, 5.41) is 9.98. The monoisotopic (exact) mass is 629 g/mol. The van der Waals surface area contributed by atoms with E-state index in [1.807, 2.05) is 48.5 Å². The Bertz CT molecular complexity index is 2550. The van der Waals surface area contributed by atoms with Gasteiger partial charge in [0.1, 0.15) is 0 Å². The lowest BCUT2D eigenvalue weighted by molar-refractivity contribution is 0.0906. The minimum absolute atomic E-state index is 0.168. The van der Waals surface area contributed by atoms with Crippen LogP contribution < -0.4 is 9.80 Å². The maximum Gasteiger partial charge on any atom is 0.332 e. The Hall–Kier alpha value is -6.68. The standard InChI is InChI=1S/C38H23N5O5/c1-2-41-31-11-7-6-10-25(31)28-20-24(14-17-32(28)41)42-34(44)26-15-12-22(18-29(26)36(42)46)23-13-16-27-30(19-23)37(47)43(35(27)45)38-40-39-33(48-38)21-8-4-3-5-9-21/h3-20H,2H2,1H3. The molecule has 5 aromatic carbocycles. The molecule has 4 amide bonds. The molecular weight excluding hydrogens is 606 g/mol. The molecule has 2 aliphatic heterocycles. The van der Waals surface area contributed by atoms with Crippen LogP contribution in [-0.4, -0.2) is 38.4 Å². The van der Waals surface area contributed by atoms with Crippen LogP contribution in [0.4, 0.5) is 11.7 Å². The van der Waals surface area contributed by atoms with E-state index in [0.717, 1.165) is 33.3 Å². The van der Waals surface area contributed by atoms with Gasteiger partial charge in [-0.15, -0.1) is 5.10 Å². The molecule has 10 nitrogen and oxygen atoms in total. The van der Waals surface area contributed by atoms with Crippen molar-refractivity contribution in [1.82, 2.24) is 14.8 Å². The van der Waals surface area contributed by atoms with Crippen molar-refractivity contribution >= 4 is 57.1 Å². The molecule has 0 spiro atoms. The van der Waals surface area contributed by atoms with Crippen molar-refractivity contribution in [1.29, 1.82) is 0 Å². The maximum atomic E-state index is 13.8. The number of para-hydroxylation sites is 1. The normalized spacial score (nSPS) is 14.1. The average molecular weight is 630 g/mol. The van der Waals surface area contributed by atoms with Crippen LogP contribution in [0.25, 0.3) is 44.4 Å². The van der Waals surface area contributed by atoms with Crippen LogP contribution in [0.1, 0.15) is 48.4 Å². The van der Waals surface area contributed by atoms with Crippen LogP contribution in [0, 0.1) is 0 Å². The second kappa shape index (κ2) is 10.2. The van der Waals surface area contributed by atoms with Gasteiger partial charge in [-0.25, -0.2) is 4.90 Å². The van der Waals surface area contributed by atoms with E-state index >= 15 is 0 Å². The first-order valence-corrected chi connectivity index (χ1v) is 15.4. The summed E-state index contributed by atoms with van der Waals surface area (Å²) in [7, 11) is 0. The van der Waals surface area contributed by atoms with Crippen molar-refractivity contribution in [3.63, 3.8) is 0 Å². The number of aryl methyl sites for hydroxylation is 1. The second-order valence-corrected chi connectivity index (χ2v) is 11.6. The summed E-state index contributed by atoms with van der Waals surface area (Å²) >= 11 is 0. The highest BCUT2D eigenvalue weighted by molar-refractivity contribution is 6.35. The number of hydrogen-bond donors (Lipinski definition) is 0. The van der Waals surface area contributed by atoms with Crippen molar-refractivity contribution in [2.24, 2.45) is 0 Å². The van der Waals surface area contributed by atoms with E-state index in [2.05, 4.69) is 27.8 Å². The van der Waals surface area contributed by atoms with Crippen LogP contribution in [0.2, 0.25) is 0 Å². The van der Waals surface area contributed by atoms with Gasteiger partial charge in [0, 0.05) is 33.9 Å². The van der Waals surface area contributed by atoms with Crippen molar-refractivity contribution in [2.45, 2.75) is 13.5 Å². The second-order valence-electron chi connectivity index (χ2n) is 11.6. The van der Waals surface area contributed by atoms with Crippen molar-refractivity contribution in [3.05, 3.63) is 131 Å². The minimum Gasteiger partial charge on any atom is -0.403 e. The molecule has 9 rings (SSSR count). The molecule has 0 fully saturated rings. The van der Waals surface area contributed by atoms with Crippen LogP contribution in [0.3, 0.4) is 0 Å². The maximum absolute atomic E-state index is 13.8. The molecule has 4 heterocycles. The predicted octanol–water partition coefficient (Wildman–Crippen LogP) is 7.13. The number of benzene rings is 5. The Labute approximate surface area is 272 Å². The third-order valence-electron chi connectivity index (χ3n) is 9.06. The van der Waals surface area contributed by atoms with E-state index in [1.165, 1.54) is 4.90 Å². The lowest BCUT2D eigenvalue weighted by Gasteiger charge is -2.14. The largest absolute Gasteiger partial charge is 0.403 e. The molecule has 2 aliphatic rings. The van der Waals surface area contributed by atoms with E-state index < -0.39 is 23.6 Å². The number of carbonyl (C=O) groups is 4. The summed E-state index contributed by atoms with van der Waals surface area (Å²) in [6.07, 6.45) is 0. The minimum atomic E-state index is -0.599. The third-order valence-corrected chi connectivity index (χ3v) is 9.06. The summed E-state index contributed by atoms with van der Waals surface area (Å²) in [5.74, 6) is -1.82. The van der Waals surface area contributed by atoms with Gasteiger partial charge >= 0.3 is 6.01 Å². The number of rotatable bonds is 5. The number of aromatic nitrogens is 3. The van der Waals surface area contributed by atoms with Crippen LogP contribution in [0.5, 0.6) is 0 Å². The molecule has 7 aromatic rings. The molecule has 48 heavy (non-hydrogen) atoms. The number of anilines is 2. The Morgan fingerprint density at radius 1 is 0.542 bits per heavy atom. The van der Waals surface area contributed by atoms with Crippen molar-refractivity contribution in [3.8, 4) is 22.6 Å². The number of nitrogens with zero attached hydrogens (tertiary/aromatic N) is 5. The zero-order valence-electron chi connectivity index (χ0n) is 25.4. The topological polar surface area (TPSA) is 119 Å². The van der Waals surface area contributed by atoms with Gasteiger partial charge in [0.2, 0.25) is 5.89 Å². The molecule has 0 saturated carbocycles. The Morgan fingerprint density at radius 2 is 1.15 bits per heavy atom. The molecular formula is C38H23N5O5. The highest BCUT2D eigenvalue weighted by Gasteiger charge is 2.41. The zero-order chi connectivity index (χ0) is 32.7. The van der Waals surface area contributed by atoms with Crippen molar-refractivity contribution < 1.29 is 23.6 Å². The molecule has 230 valence electrons. The van der Waals surface area contributed by atoms with Gasteiger partial charge in [-0.3, -0.25) is 19.2 Å².